The summed E-state index contributed by atoms with van der Waals surface area (Å²) in [6.45, 7) is 0.973. The molecule has 0 N–H and O–H groups in total. The van der Waals surface area contributed by atoms with E-state index in [9.17, 15) is 0 Å². The predicted molar refractivity (Wildman–Crippen MR) is 67.3 cm³/mol. The summed E-state index contributed by atoms with van der Waals surface area (Å²) in [6, 6.07) is 7.49. The van der Waals surface area contributed by atoms with Crippen LogP contribution in [0.2, 0.25) is 0 Å². The van der Waals surface area contributed by atoms with Gasteiger partial charge in [0.05, 0.1) is 6.61 Å². The molecule has 0 amide bonds. The van der Waals surface area contributed by atoms with Gasteiger partial charge in [-0.2, -0.15) is 0 Å². The van der Waals surface area contributed by atoms with Crippen molar-refractivity contribution in [3.05, 3.63) is 40.3 Å². The molecular weight excluding hydrogens is 234 g/mol. The van der Waals surface area contributed by atoms with Gasteiger partial charge in [0.1, 0.15) is 5.75 Å². The predicted octanol–water partition coefficient (Wildman–Crippen LogP) is 3.06. The van der Waals surface area contributed by atoms with Crippen molar-refractivity contribution in [3.63, 3.8) is 0 Å². The van der Waals surface area contributed by atoms with Gasteiger partial charge in [0.2, 0.25) is 0 Å². The van der Waals surface area contributed by atoms with E-state index in [-0.39, 0.29) is 6.29 Å². The Labute approximate surface area is 106 Å². The van der Waals surface area contributed by atoms with Crippen molar-refractivity contribution in [3.8, 4) is 5.75 Å². The van der Waals surface area contributed by atoms with Gasteiger partial charge in [-0.25, -0.2) is 0 Å². The Morgan fingerprint density at radius 1 is 1.22 bits per heavy atom. The Balaban J connectivity index is 2.42. The Kier molecular flexibility index (Phi) is 6.64. The zero-order chi connectivity index (χ0) is 13.2. The van der Waals surface area contributed by atoms with Crippen LogP contribution in [0.3, 0.4) is 0 Å². The minimum Gasteiger partial charge on any atom is -0.494 e. The molecule has 18 heavy (non-hydrogen) atoms. The second-order valence-electron chi connectivity index (χ2n) is 3.53. The average molecular weight is 251 g/mol. The fourth-order valence-electron chi connectivity index (χ4n) is 1.46. The first kappa shape index (κ1) is 14.3. The van der Waals surface area contributed by atoms with Crippen LogP contribution >= 0.6 is 0 Å². The van der Waals surface area contributed by atoms with Crippen LogP contribution in [0.4, 0.5) is 0 Å². The summed E-state index contributed by atoms with van der Waals surface area (Å²) < 4.78 is 15.8. The van der Waals surface area contributed by atoms with Crippen molar-refractivity contribution in [1.82, 2.24) is 0 Å². The SMILES string of the molecule is COC(OC)c1ccc(OCCCN=[N+]=[N-])cc1. The van der Waals surface area contributed by atoms with Gasteiger partial charge in [-0.15, -0.1) is 0 Å². The molecule has 0 aliphatic carbocycles. The van der Waals surface area contributed by atoms with Crippen LogP contribution in [0, 0.1) is 0 Å². The number of methoxy groups -OCH3 is 2. The fraction of sp³-hybridized carbons (Fsp3) is 0.500. The minimum atomic E-state index is -0.357. The maximum absolute atomic E-state index is 8.11. The zero-order valence-corrected chi connectivity index (χ0v) is 10.6. The number of hydrogen-bond acceptors (Lipinski definition) is 4. The summed E-state index contributed by atoms with van der Waals surface area (Å²) in [7, 11) is 3.18. The van der Waals surface area contributed by atoms with Crippen LogP contribution in [0.15, 0.2) is 29.4 Å². The van der Waals surface area contributed by atoms with Crippen LogP contribution in [-0.2, 0) is 9.47 Å². The van der Waals surface area contributed by atoms with E-state index in [0.717, 1.165) is 11.3 Å². The lowest BCUT2D eigenvalue weighted by Crippen LogP contribution is -2.04. The normalized spacial score (nSPS) is 10.2. The number of azide groups is 1. The molecule has 0 aromatic heterocycles. The molecule has 0 fully saturated rings. The molecule has 1 aromatic carbocycles. The summed E-state index contributed by atoms with van der Waals surface area (Å²) in [5, 5.41) is 3.43. The van der Waals surface area contributed by atoms with E-state index >= 15 is 0 Å². The van der Waals surface area contributed by atoms with Crippen LogP contribution in [0.5, 0.6) is 5.75 Å². The van der Waals surface area contributed by atoms with Crippen LogP contribution in [0.1, 0.15) is 18.3 Å². The van der Waals surface area contributed by atoms with Crippen LogP contribution < -0.4 is 4.74 Å². The molecule has 0 saturated carbocycles. The summed E-state index contributed by atoms with van der Waals surface area (Å²) in [5.74, 6) is 0.769. The second-order valence-corrected chi connectivity index (χ2v) is 3.53. The number of rotatable bonds is 8. The molecule has 0 heterocycles. The summed E-state index contributed by atoms with van der Waals surface area (Å²) >= 11 is 0. The van der Waals surface area contributed by atoms with E-state index < -0.39 is 0 Å². The summed E-state index contributed by atoms with van der Waals surface area (Å²) in [4.78, 5) is 2.67. The number of benzene rings is 1. The van der Waals surface area contributed by atoms with E-state index in [0.29, 0.717) is 19.6 Å². The number of ether oxygens (including phenoxy) is 3. The highest BCUT2D eigenvalue weighted by atomic mass is 16.7. The third-order valence-corrected chi connectivity index (χ3v) is 2.31. The van der Waals surface area contributed by atoms with E-state index in [1.807, 2.05) is 24.3 Å². The highest BCUT2D eigenvalue weighted by Gasteiger charge is 2.07. The van der Waals surface area contributed by atoms with Crippen molar-refractivity contribution in [1.29, 1.82) is 0 Å². The third-order valence-electron chi connectivity index (χ3n) is 2.31. The second kappa shape index (κ2) is 8.36. The van der Waals surface area contributed by atoms with Gasteiger partial charge in [0.25, 0.3) is 0 Å². The lowest BCUT2D eigenvalue weighted by atomic mass is 10.2. The quantitative estimate of drug-likeness (QED) is 0.234. The molecule has 0 radical (unpaired) electrons. The Morgan fingerprint density at radius 2 is 1.89 bits per heavy atom. The van der Waals surface area contributed by atoms with E-state index in [2.05, 4.69) is 10.0 Å². The van der Waals surface area contributed by atoms with Gasteiger partial charge in [-0.3, -0.25) is 0 Å². The maximum Gasteiger partial charge on any atom is 0.183 e. The average Bonchev–Trinajstić information content (AvgIpc) is 2.41. The van der Waals surface area contributed by atoms with Crippen LogP contribution in [-0.4, -0.2) is 27.4 Å². The maximum atomic E-state index is 8.11. The van der Waals surface area contributed by atoms with Crippen molar-refractivity contribution < 1.29 is 14.2 Å². The van der Waals surface area contributed by atoms with Crippen molar-refractivity contribution in [2.75, 3.05) is 27.4 Å². The molecule has 1 aromatic rings. The molecule has 0 saturated heterocycles. The van der Waals surface area contributed by atoms with Gasteiger partial charge in [-0.1, -0.05) is 17.2 Å². The van der Waals surface area contributed by atoms with Crippen molar-refractivity contribution in [2.24, 2.45) is 5.11 Å². The molecule has 0 aliphatic rings. The van der Waals surface area contributed by atoms with Gasteiger partial charge < -0.3 is 14.2 Å². The molecule has 0 atom stereocenters. The smallest absolute Gasteiger partial charge is 0.183 e. The Bertz CT molecular complexity index is 384. The molecule has 0 aliphatic heterocycles. The summed E-state index contributed by atoms with van der Waals surface area (Å²) in [6.07, 6.45) is 0.342. The monoisotopic (exact) mass is 251 g/mol. The lowest BCUT2D eigenvalue weighted by Gasteiger charge is -2.14. The Hall–Kier alpha value is -1.75. The third kappa shape index (κ3) is 4.63. The van der Waals surface area contributed by atoms with Gasteiger partial charge >= 0.3 is 0 Å². The molecule has 0 bridgehead atoms. The van der Waals surface area contributed by atoms with Crippen molar-refractivity contribution >= 4 is 0 Å². The molecule has 1 rings (SSSR count). The number of hydrogen-bond donors (Lipinski definition) is 0. The van der Waals surface area contributed by atoms with E-state index in [1.165, 1.54) is 0 Å². The standard InChI is InChI=1S/C12H17N3O3/c1-16-12(17-2)10-4-6-11(7-5-10)18-9-3-8-14-15-13/h4-7,12H,3,8-9H2,1-2H3. The molecule has 0 unspecified atom stereocenters. The minimum absolute atomic E-state index is 0.357. The largest absolute Gasteiger partial charge is 0.494 e. The fourth-order valence-corrected chi connectivity index (χ4v) is 1.46. The first-order chi connectivity index (χ1) is 8.81. The first-order valence-corrected chi connectivity index (χ1v) is 5.61. The highest BCUT2D eigenvalue weighted by molar-refractivity contribution is 5.27. The molecule has 6 heteroatoms. The van der Waals surface area contributed by atoms with E-state index in [1.54, 1.807) is 14.2 Å². The number of nitrogens with zero attached hydrogens (tertiary/aromatic N) is 3. The molecule has 0 spiro atoms. The first-order valence-electron chi connectivity index (χ1n) is 5.61. The van der Waals surface area contributed by atoms with Crippen LogP contribution in [0.25, 0.3) is 10.4 Å². The molecule has 6 nitrogen and oxygen atoms in total. The lowest BCUT2D eigenvalue weighted by molar-refractivity contribution is -0.106. The highest BCUT2D eigenvalue weighted by Crippen LogP contribution is 2.20. The van der Waals surface area contributed by atoms with Gasteiger partial charge in [-0.05, 0) is 24.1 Å². The van der Waals surface area contributed by atoms with Crippen molar-refractivity contribution in [2.45, 2.75) is 12.7 Å². The zero-order valence-electron chi connectivity index (χ0n) is 10.6. The van der Waals surface area contributed by atoms with Gasteiger partial charge in [0.15, 0.2) is 6.29 Å². The Morgan fingerprint density at radius 3 is 2.44 bits per heavy atom. The molecular formula is C12H17N3O3. The van der Waals surface area contributed by atoms with E-state index in [4.69, 9.17) is 19.7 Å². The molecule has 98 valence electrons. The van der Waals surface area contributed by atoms with Gasteiger partial charge in [0, 0.05) is 31.2 Å². The topological polar surface area (TPSA) is 76.5 Å². The summed E-state index contributed by atoms with van der Waals surface area (Å²) in [5.41, 5.74) is 9.04.